The molecule has 5 rings (SSSR count). The molecule has 1 N–H and O–H groups in total. The number of benzene rings is 4. The molecule has 10 heteroatoms. The number of anilines is 1. The van der Waals surface area contributed by atoms with Crippen molar-refractivity contribution in [1.82, 2.24) is 4.41 Å². The fraction of sp³-hybridized carbons (Fsp3) is 0.107. The van der Waals surface area contributed by atoms with Gasteiger partial charge < -0.3 is 4.74 Å². The summed E-state index contributed by atoms with van der Waals surface area (Å²) in [5.74, 6) is 0.528. The molecule has 8 nitrogen and oxygen atoms in total. The van der Waals surface area contributed by atoms with Crippen molar-refractivity contribution >= 4 is 31.4 Å². The number of methoxy groups -OCH3 is 1. The Labute approximate surface area is 222 Å². The quantitative estimate of drug-likeness (QED) is 0.333. The number of sulfonamides is 2. The van der Waals surface area contributed by atoms with Crippen molar-refractivity contribution in [3.8, 4) is 5.75 Å². The van der Waals surface area contributed by atoms with Crippen LogP contribution in [0.15, 0.2) is 124 Å². The molecule has 0 aromatic heterocycles. The summed E-state index contributed by atoms with van der Waals surface area (Å²) in [5.41, 5.74) is 1.85. The SMILES string of the molecule is COc1ccccc1C1CC(c2ccccc2NS(=O)(=O)c2ccccc2)=NN1S(=O)(=O)c1ccccc1. The molecule has 0 bridgehead atoms. The smallest absolute Gasteiger partial charge is 0.279 e. The molecule has 0 aliphatic carbocycles. The first kappa shape index (κ1) is 25.5. The van der Waals surface area contributed by atoms with E-state index in [2.05, 4.69) is 9.82 Å². The standard InChI is InChI=1S/C28H25N3O5S2/c1-36-28-19-11-9-17-24(28)27-20-26(29-31(27)38(34,35)22-14-6-3-7-15-22)23-16-8-10-18-25(23)30-37(32,33)21-12-4-2-5-13-21/h2-19,27,30H,20H2,1H3. The minimum atomic E-state index is -4.04. The third-order valence-corrected chi connectivity index (χ3v) is 9.27. The van der Waals surface area contributed by atoms with Gasteiger partial charge in [0.1, 0.15) is 5.75 Å². The molecular weight excluding hydrogens is 522 g/mol. The maximum absolute atomic E-state index is 13.8. The zero-order chi connectivity index (χ0) is 26.8. The Kier molecular flexibility index (Phi) is 6.92. The molecule has 0 spiro atoms. The highest BCUT2D eigenvalue weighted by Gasteiger charge is 2.39. The zero-order valence-electron chi connectivity index (χ0n) is 20.4. The molecule has 0 saturated heterocycles. The Hall–Kier alpha value is -4.15. The predicted molar refractivity (Wildman–Crippen MR) is 146 cm³/mol. The maximum Gasteiger partial charge on any atom is 0.279 e. The lowest BCUT2D eigenvalue weighted by Crippen LogP contribution is -2.27. The van der Waals surface area contributed by atoms with E-state index in [0.717, 1.165) is 4.41 Å². The van der Waals surface area contributed by atoms with Gasteiger partial charge in [-0.2, -0.15) is 17.9 Å². The number of rotatable bonds is 8. The summed E-state index contributed by atoms with van der Waals surface area (Å²) in [6.07, 6.45) is 0.205. The maximum atomic E-state index is 13.8. The van der Waals surface area contributed by atoms with Gasteiger partial charge >= 0.3 is 0 Å². The van der Waals surface area contributed by atoms with Gasteiger partial charge in [0.2, 0.25) is 0 Å². The third-order valence-electron chi connectivity index (χ3n) is 6.19. The van der Waals surface area contributed by atoms with Crippen LogP contribution in [0.4, 0.5) is 5.69 Å². The van der Waals surface area contributed by atoms with Gasteiger partial charge in [0.15, 0.2) is 0 Å². The Balaban J connectivity index is 1.60. The summed E-state index contributed by atoms with van der Waals surface area (Å²) in [6, 6.07) is 29.4. The van der Waals surface area contributed by atoms with Crippen molar-refractivity contribution in [2.24, 2.45) is 5.10 Å². The Morgan fingerprint density at radius 3 is 2.03 bits per heavy atom. The Morgan fingerprint density at radius 2 is 1.34 bits per heavy atom. The van der Waals surface area contributed by atoms with Gasteiger partial charge in [0.05, 0.1) is 34.3 Å². The molecule has 1 atom stereocenters. The lowest BCUT2D eigenvalue weighted by Gasteiger charge is -2.24. The van der Waals surface area contributed by atoms with Gasteiger partial charge in [-0.3, -0.25) is 4.72 Å². The van der Waals surface area contributed by atoms with E-state index in [1.165, 1.54) is 31.4 Å². The molecule has 4 aromatic rings. The molecular formula is C28H25N3O5S2. The second-order valence-corrected chi connectivity index (χ2v) is 12.0. The van der Waals surface area contributed by atoms with Crippen molar-refractivity contribution in [3.05, 3.63) is 120 Å². The van der Waals surface area contributed by atoms with E-state index in [1.807, 2.05) is 12.1 Å². The minimum Gasteiger partial charge on any atom is -0.496 e. The molecule has 194 valence electrons. The van der Waals surface area contributed by atoms with Crippen LogP contribution in [0, 0.1) is 0 Å². The van der Waals surface area contributed by atoms with E-state index in [0.29, 0.717) is 28.3 Å². The second-order valence-electron chi connectivity index (χ2n) is 8.56. The first-order valence-electron chi connectivity index (χ1n) is 11.8. The summed E-state index contributed by atoms with van der Waals surface area (Å²) in [4.78, 5) is 0.214. The first-order valence-corrected chi connectivity index (χ1v) is 14.7. The lowest BCUT2D eigenvalue weighted by atomic mass is 9.97. The molecule has 1 heterocycles. The zero-order valence-corrected chi connectivity index (χ0v) is 22.1. The average molecular weight is 548 g/mol. The van der Waals surface area contributed by atoms with Gasteiger partial charge in [0, 0.05) is 17.5 Å². The van der Waals surface area contributed by atoms with Crippen LogP contribution in [0.25, 0.3) is 0 Å². The predicted octanol–water partition coefficient (Wildman–Crippen LogP) is 5.04. The summed E-state index contributed by atoms with van der Waals surface area (Å²) >= 11 is 0. The molecule has 0 amide bonds. The van der Waals surface area contributed by atoms with Crippen LogP contribution >= 0.6 is 0 Å². The molecule has 38 heavy (non-hydrogen) atoms. The van der Waals surface area contributed by atoms with E-state index in [4.69, 9.17) is 4.74 Å². The number of nitrogens with one attached hydrogen (secondary N) is 1. The molecule has 0 fully saturated rings. The Bertz CT molecular complexity index is 1690. The van der Waals surface area contributed by atoms with E-state index >= 15 is 0 Å². The van der Waals surface area contributed by atoms with Crippen LogP contribution in [0.3, 0.4) is 0 Å². The molecule has 0 saturated carbocycles. The van der Waals surface area contributed by atoms with Crippen molar-refractivity contribution in [2.45, 2.75) is 22.3 Å². The van der Waals surface area contributed by atoms with E-state index in [9.17, 15) is 16.8 Å². The molecule has 1 unspecified atom stereocenters. The van der Waals surface area contributed by atoms with Crippen molar-refractivity contribution in [2.75, 3.05) is 11.8 Å². The van der Waals surface area contributed by atoms with Crippen LogP contribution in [-0.2, 0) is 20.0 Å². The molecule has 1 aliphatic heterocycles. The highest BCUT2D eigenvalue weighted by Crippen LogP contribution is 2.41. The second kappa shape index (κ2) is 10.3. The topological polar surface area (TPSA) is 105 Å². The summed E-state index contributed by atoms with van der Waals surface area (Å²) in [7, 11) is -6.40. The fourth-order valence-corrected chi connectivity index (χ4v) is 6.92. The van der Waals surface area contributed by atoms with Crippen LogP contribution in [0.5, 0.6) is 5.75 Å². The largest absolute Gasteiger partial charge is 0.496 e. The van der Waals surface area contributed by atoms with Gasteiger partial charge in [-0.05, 0) is 36.4 Å². The number of hydrogen-bond acceptors (Lipinski definition) is 6. The number of ether oxygens (including phenoxy) is 1. The summed E-state index contributed by atoms with van der Waals surface area (Å²) in [6.45, 7) is 0. The molecule has 4 aromatic carbocycles. The molecule has 0 radical (unpaired) electrons. The van der Waals surface area contributed by atoms with E-state index in [-0.39, 0.29) is 16.2 Å². The highest BCUT2D eigenvalue weighted by atomic mass is 32.2. The van der Waals surface area contributed by atoms with Gasteiger partial charge in [0.25, 0.3) is 20.0 Å². The summed E-state index contributed by atoms with van der Waals surface area (Å²) in [5, 5.41) is 4.57. The van der Waals surface area contributed by atoms with Crippen LogP contribution in [0.1, 0.15) is 23.6 Å². The van der Waals surface area contributed by atoms with Gasteiger partial charge in [-0.15, -0.1) is 0 Å². The van der Waals surface area contributed by atoms with Crippen LogP contribution in [-0.4, -0.2) is 34.1 Å². The van der Waals surface area contributed by atoms with Gasteiger partial charge in [-0.25, -0.2) is 8.42 Å². The summed E-state index contributed by atoms with van der Waals surface area (Å²) < 4.78 is 62.9. The van der Waals surface area contributed by atoms with Crippen LogP contribution < -0.4 is 9.46 Å². The minimum absolute atomic E-state index is 0.1000. The normalized spacial score (nSPS) is 15.7. The number of para-hydroxylation sites is 2. The number of nitrogens with zero attached hydrogens (tertiary/aromatic N) is 2. The van der Waals surface area contributed by atoms with E-state index in [1.54, 1.807) is 72.8 Å². The third kappa shape index (κ3) is 4.88. The number of hydrazone groups is 1. The van der Waals surface area contributed by atoms with Crippen molar-refractivity contribution in [3.63, 3.8) is 0 Å². The molecule has 1 aliphatic rings. The first-order chi connectivity index (χ1) is 18.3. The van der Waals surface area contributed by atoms with Crippen molar-refractivity contribution < 1.29 is 21.6 Å². The van der Waals surface area contributed by atoms with E-state index < -0.39 is 26.1 Å². The van der Waals surface area contributed by atoms with Crippen LogP contribution in [0.2, 0.25) is 0 Å². The Morgan fingerprint density at radius 1 is 0.763 bits per heavy atom. The fourth-order valence-electron chi connectivity index (χ4n) is 4.37. The highest BCUT2D eigenvalue weighted by molar-refractivity contribution is 7.92. The number of hydrogen-bond donors (Lipinski definition) is 1. The average Bonchev–Trinajstić information content (AvgIpc) is 3.40. The van der Waals surface area contributed by atoms with Crippen molar-refractivity contribution in [1.29, 1.82) is 0 Å². The van der Waals surface area contributed by atoms with Gasteiger partial charge in [-0.1, -0.05) is 72.8 Å². The lowest BCUT2D eigenvalue weighted by molar-refractivity contribution is 0.350. The monoisotopic (exact) mass is 547 g/mol.